The Morgan fingerprint density at radius 2 is 2.00 bits per heavy atom. The number of fused-ring (bicyclic) bond motifs is 1. The smallest absolute Gasteiger partial charge is 0.122 e. The third-order valence-electron chi connectivity index (χ3n) is 4.47. The molecule has 0 radical (unpaired) electrons. The molecule has 0 fully saturated rings. The van der Waals surface area contributed by atoms with Crippen molar-refractivity contribution in [1.82, 2.24) is 5.32 Å². The van der Waals surface area contributed by atoms with Gasteiger partial charge in [-0.05, 0) is 44.0 Å². The summed E-state index contributed by atoms with van der Waals surface area (Å²) in [6.45, 7) is 11.3. The molecule has 2 heterocycles. The van der Waals surface area contributed by atoms with Crippen LogP contribution in [0.4, 0.5) is 5.00 Å². The fourth-order valence-electron chi connectivity index (χ4n) is 3.14. The molecule has 1 aromatic heterocycles. The highest BCUT2D eigenvalue weighted by atomic mass is 35.5. The molecule has 2 aromatic rings. The van der Waals surface area contributed by atoms with Crippen LogP contribution in [0.2, 0.25) is 5.02 Å². The van der Waals surface area contributed by atoms with E-state index in [9.17, 15) is 0 Å². The molecule has 0 bridgehead atoms. The van der Waals surface area contributed by atoms with Crippen LogP contribution in [0.1, 0.15) is 34.5 Å². The number of amidine groups is 1. The van der Waals surface area contributed by atoms with E-state index in [-0.39, 0.29) is 6.04 Å². The van der Waals surface area contributed by atoms with Gasteiger partial charge in [0.1, 0.15) is 10.8 Å². The zero-order valence-electron chi connectivity index (χ0n) is 14.5. The molecule has 0 saturated heterocycles. The maximum atomic E-state index is 6.07. The van der Waals surface area contributed by atoms with E-state index in [0.29, 0.717) is 6.54 Å². The maximum absolute atomic E-state index is 6.07. The summed E-state index contributed by atoms with van der Waals surface area (Å²) >= 11 is 7.88. The van der Waals surface area contributed by atoms with Gasteiger partial charge in [-0.2, -0.15) is 0 Å². The summed E-state index contributed by atoms with van der Waals surface area (Å²) in [5.41, 5.74) is 4.82. The first-order chi connectivity index (χ1) is 11.4. The number of nitrogens with one attached hydrogen (secondary N) is 1. The molecule has 1 atom stereocenters. The van der Waals surface area contributed by atoms with Gasteiger partial charge in [0.25, 0.3) is 0 Å². The summed E-state index contributed by atoms with van der Waals surface area (Å²) < 4.78 is 0. The Kier molecular flexibility index (Phi) is 4.81. The van der Waals surface area contributed by atoms with Crippen molar-refractivity contribution >= 4 is 33.8 Å². The molecule has 1 aromatic carbocycles. The van der Waals surface area contributed by atoms with Crippen molar-refractivity contribution in [2.24, 2.45) is 4.99 Å². The summed E-state index contributed by atoms with van der Waals surface area (Å²) in [6.07, 6.45) is 0. The quantitative estimate of drug-likeness (QED) is 0.809. The largest absolute Gasteiger partial charge is 0.299 e. The van der Waals surface area contributed by atoms with Gasteiger partial charge >= 0.3 is 0 Å². The number of allylic oxidation sites excluding steroid dienone is 1. The van der Waals surface area contributed by atoms with E-state index < -0.39 is 0 Å². The minimum Gasteiger partial charge on any atom is -0.299 e. The number of aliphatic imine (C=N–C) groups is 1. The summed E-state index contributed by atoms with van der Waals surface area (Å²) in [6, 6.07) is 8.19. The second kappa shape index (κ2) is 6.71. The van der Waals surface area contributed by atoms with Crippen LogP contribution in [0.15, 0.2) is 41.5 Å². The summed E-state index contributed by atoms with van der Waals surface area (Å²) in [4.78, 5) is 8.00. The standard InChI is InChI=1S/C19H22ClN3S/c1-11(2)23-16(21-5)10-22-18(14-6-8-15(20)9-7-14)17-12(3)13(4)24-19(17)23/h6-9,18,22H,1,10H2,2-5H3. The number of hydrogen-bond donors (Lipinski definition) is 1. The van der Waals surface area contributed by atoms with Gasteiger partial charge < -0.3 is 0 Å². The zero-order valence-corrected chi connectivity index (χ0v) is 16.1. The monoisotopic (exact) mass is 359 g/mol. The van der Waals surface area contributed by atoms with Crippen LogP contribution in [0, 0.1) is 13.8 Å². The lowest BCUT2D eigenvalue weighted by molar-refractivity contribution is 0.668. The van der Waals surface area contributed by atoms with E-state index in [1.165, 1.54) is 26.6 Å². The number of hydrogen-bond acceptors (Lipinski definition) is 3. The predicted molar refractivity (Wildman–Crippen MR) is 106 cm³/mol. The SMILES string of the molecule is C=C(C)N1C(=NC)CNC(c2ccc(Cl)cc2)c2c1sc(C)c2C. The van der Waals surface area contributed by atoms with Gasteiger partial charge in [-0.3, -0.25) is 15.2 Å². The molecule has 0 saturated carbocycles. The molecule has 1 unspecified atom stereocenters. The Bertz CT molecular complexity index is 805. The summed E-state index contributed by atoms with van der Waals surface area (Å²) in [7, 11) is 1.84. The minimum atomic E-state index is 0.114. The first-order valence-electron chi connectivity index (χ1n) is 7.94. The summed E-state index contributed by atoms with van der Waals surface area (Å²) in [5, 5.41) is 5.63. The Labute approximate surface area is 152 Å². The Morgan fingerprint density at radius 1 is 1.33 bits per heavy atom. The van der Waals surface area contributed by atoms with E-state index in [1.54, 1.807) is 11.3 Å². The number of halogens is 1. The molecule has 24 heavy (non-hydrogen) atoms. The first-order valence-corrected chi connectivity index (χ1v) is 9.13. The average molecular weight is 360 g/mol. The van der Waals surface area contributed by atoms with Crippen LogP contribution in [-0.4, -0.2) is 19.4 Å². The van der Waals surface area contributed by atoms with Crippen molar-refractivity contribution in [3.05, 3.63) is 63.1 Å². The number of nitrogens with zero attached hydrogens (tertiary/aromatic N) is 2. The highest BCUT2D eigenvalue weighted by Crippen LogP contribution is 2.44. The third-order valence-corrected chi connectivity index (χ3v) is 5.93. The number of anilines is 1. The van der Waals surface area contributed by atoms with Crippen molar-refractivity contribution in [2.75, 3.05) is 18.5 Å². The number of aryl methyl sites for hydroxylation is 1. The number of rotatable bonds is 2. The lowest BCUT2D eigenvalue weighted by atomic mass is 9.96. The van der Waals surface area contributed by atoms with Gasteiger partial charge in [-0.25, -0.2) is 0 Å². The van der Waals surface area contributed by atoms with Gasteiger partial charge in [-0.1, -0.05) is 30.3 Å². The number of thiophene rings is 1. The molecule has 1 N–H and O–H groups in total. The average Bonchev–Trinajstić information content (AvgIpc) is 2.74. The maximum Gasteiger partial charge on any atom is 0.122 e. The normalized spacial score (nSPS) is 19.3. The molecule has 3 nitrogen and oxygen atoms in total. The highest BCUT2D eigenvalue weighted by Gasteiger charge is 2.31. The van der Waals surface area contributed by atoms with E-state index in [4.69, 9.17) is 11.6 Å². The van der Waals surface area contributed by atoms with Crippen molar-refractivity contribution < 1.29 is 0 Å². The second-order valence-electron chi connectivity index (χ2n) is 6.08. The van der Waals surface area contributed by atoms with Crippen LogP contribution in [0.3, 0.4) is 0 Å². The highest BCUT2D eigenvalue weighted by molar-refractivity contribution is 7.16. The van der Waals surface area contributed by atoms with Gasteiger partial charge in [0.05, 0.1) is 12.6 Å². The Hall–Kier alpha value is -1.62. The molecule has 0 amide bonds. The van der Waals surface area contributed by atoms with Crippen molar-refractivity contribution in [2.45, 2.75) is 26.8 Å². The molecule has 0 aliphatic carbocycles. The van der Waals surface area contributed by atoms with Crippen LogP contribution in [-0.2, 0) is 0 Å². The van der Waals surface area contributed by atoms with Gasteiger partial charge in [0, 0.05) is 28.2 Å². The van der Waals surface area contributed by atoms with Gasteiger partial charge in [-0.15, -0.1) is 11.3 Å². The van der Waals surface area contributed by atoms with Crippen LogP contribution >= 0.6 is 22.9 Å². The molecular formula is C19H22ClN3S. The molecule has 0 spiro atoms. The van der Waals surface area contributed by atoms with Crippen LogP contribution in [0.5, 0.6) is 0 Å². The molecule has 3 rings (SSSR count). The molecular weight excluding hydrogens is 338 g/mol. The minimum absolute atomic E-state index is 0.114. The zero-order chi connectivity index (χ0) is 17.4. The van der Waals surface area contributed by atoms with Crippen LogP contribution in [0.25, 0.3) is 0 Å². The van der Waals surface area contributed by atoms with Gasteiger partial charge in [0.15, 0.2) is 0 Å². The number of benzene rings is 1. The fraction of sp³-hybridized carbons (Fsp3) is 0.316. The lowest BCUT2D eigenvalue weighted by Crippen LogP contribution is -2.34. The van der Waals surface area contributed by atoms with Crippen molar-refractivity contribution in [3.8, 4) is 0 Å². The molecule has 5 heteroatoms. The molecule has 1 aliphatic rings. The van der Waals surface area contributed by atoms with Crippen LogP contribution < -0.4 is 10.2 Å². The van der Waals surface area contributed by atoms with E-state index in [1.807, 2.05) is 26.1 Å². The topological polar surface area (TPSA) is 27.6 Å². The van der Waals surface area contributed by atoms with Gasteiger partial charge in [0.2, 0.25) is 0 Å². The fourth-order valence-corrected chi connectivity index (χ4v) is 4.55. The van der Waals surface area contributed by atoms with Crippen molar-refractivity contribution in [1.29, 1.82) is 0 Å². The molecule has 1 aliphatic heterocycles. The summed E-state index contributed by atoms with van der Waals surface area (Å²) in [5.74, 6) is 0.987. The second-order valence-corrected chi connectivity index (χ2v) is 7.72. The Balaban J connectivity index is 2.21. The van der Waals surface area contributed by atoms with E-state index in [0.717, 1.165) is 16.6 Å². The van der Waals surface area contributed by atoms with Crippen molar-refractivity contribution in [3.63, 3.8) is 0 Å². The lowest BCUT2D eigenvalue weighted by Gasteiger charge is -2.23. The van der Waals surface area contributed by atoms with E-state index in [2.05, 4.69) is 47.8 Å². The molecule has 126 valence electrons. The predicted octanol–water partition coefficient (Wildman–Crippen LogP) is 5.08. The Morgan fingerprint density at radius 3 is 2.58 bits per heavy atom. The first kappa shape index (κ1) is 17.2. The van der Waals surface area contributed by atoms with E-state index >= 15 is 0 Å². The third kappa shape index (κ3) is 2.90.